The number of amides is 2. The van der Waals surface area contributed by atoms with Crippen LogP contribution in [0, 0.1) is 0 Å². The molecule has 1 aromatic carbocycles. The summed E-state index contributed by atoms with van der Waals surface area (Å²) in [5.74, 6) is 0.0387. The van der Waals surface area contributed by atoms with E-state index in [0.29, 0.717) is 5.75 Å². The molecule has 0 unspecified atom stereocenters. The molecule has 0 bridgehead atoms. The van der Waals surface area contributed by atoms with E-state index in [4.69, 9.17) is 4.74 Å². The predicted molar refractivity (Wildman–Crippen MR) is 83.2 cm³/mol. The van der Waals surface area contributed by atoms with Crippen LogP contribution in [0.2, 0.25) is 0 Å². The molecule has 1 atom stereocenters. The fourth-order valence-corrected chi connectivity index (χ4v) is 1.92. The summed E-state index contributed by atoms with van der Waals surface area (Å²) in [6, 6.07) is 6.66. The number of rotatable bonds is 6. The number of ether oxygens (including phenoxy) is 1. The van der Waals surface area contributed by atoms with E-state index in [1.807, 2.05) is 12.1 Å². The van der Waals surface area contributed by atoms with Crippen molar-refractivity contribution in [3.63, 3.8) is 0 Å². The van der Waals surface area contributed by atoms with Gasteiger partial charge in [0.05, 0.1) is 5.69 Å². The van der Waals surface area contributed by atoms with Gasteiger partial charge in [-0.15, -0.1) is 10.2 Å². The zero-order valence-corrected chi connectivity index (χ0v) is 13.3. The van der Waals surface area contributed by atoms with Crippen LogP contribution in [-0.4, -0.2) is 58.2 Å². The molecule has 0 aliphatic carbocycles. The van der Waals surface area contributed by atoms with Crippen molar-refractivity contribution in [2.45, 2.75) is 13.0 Å². The van der Waals surface area contributed by atoms with E-state index in [1.54, 1.807) is 43.3 Å². The molecule has 8 heteroatoms. The molecular formula is C15H19N5O3. The molecule has 23 heavy (non-hydrogen) atoms. The molecule has 0 saturated carbocycles. The number of benzene rings is 1. The molecular weight excluding hydrogens is 298 g/mol. The van der Waals surface area contributed by atoms with E-state index < -0.39 is 6.04 Å². The minimum atomic E-state index is -0.556. The highest BCUT2D eigenvalue weighted by molar-refractivity contribution is 5.87. The highest BCUT2D eigenvalue weighted by Crippen LogP contribution is 2.16. The van der Waals surface area contributed by atoms with E-state index in [0.717, 1.165) is 5.69 Å². The summed E-state index contributed by atoms with van der Waals surface area (Å²) in [5.41, 5.74) is 0.826. The van der Waals surface area contributed by atoms with Gasteiger partial charge in [-0.25, -0.2) is 0 Å². The lowest BCUT2D eigenvalue weighted by molar-refractivity contribution is -0.139. The fourth-order valence-electron chi connectivity index (χ4n) is 1.92. The van der Waals surface area contributed by atoms with Crippen LogP contribution in [0.4, 0.5) is 0 Å². The Morgan fingerprint density at radius 3 is 2.70 bits per heavy atom. The maximum Gasteiger partial charge on any atom is 0.260 e. The third-order valence-corrected chi connectivity index (χ3v) is 3.50. The zero-order chi connectivity index (χ0) is 16.8. The molecule has 2 rings (SSSR count). The lowest BCUT2D eigenvalue weighted by atomic mass is 10.2. The Labute approximate surface area is 134 Å². The van der Waals surface area contributed by atoms with Crippen LogP contribution in [0.3, 0.4) is 0 Å². The van der Waals surface area contributed by atoms with Gasteiger partial charge < -0.3 is 15.0 Å². The van der Waals surface area contributed by atoms with Crippen molar-refractivity contribution >= 4 is 11.8 Å². The van der Waals surface area contributed by atoms with E-state index >= 15 is 0 Å². The Hall–Kier alpha value is -2.90. The van der Waals surface area contributed by atoms with Crippen molar-refractivity contribution in [3.8, 4) is 11.4 Å². The van der Waals surface area contributed by atoms with Crippen molar-refractivity contribution < 1.29 is 14.3 Å². The minimum Gasteiger partial charge on any atom is -0.484 e. The van der Waals surface area contributed by atoms with Crippen molar-refractivity contribution in [2.24, 2.45) is 0 Å². The average molecular weight is 317 g/mol. The number of carbonyl (C=O) groups is 2. The van der Waals surface area contributed by atoms with Gasteiger partial charge in [0, 0.05) is 20.2 Å². The number of likely N-dealkylation sites (N-methyl/N-ethyl adjacent to an activating group) is 2. The quantitative estimate of drug-likeness (QED) is 0.824. The Morgan fingerprint density at radius 2 is 2.04 bits per heavy atom. The summed E-state index contributed by atoms with van der Waals surface area (Å²) in [6.07, 6.45) is 3.15. The summed E-state index contributed by atoms with van der Waals surface area (Å²) < 4.78 is 7.24. The van der Waals surface area contributed by atoms with Gasteiger partial charge in [-0.1, -0.05) is 6.07 Å². The fraction of sp³-hybridized carbons (Fsp3) is 0.333. The van der Waals surface area contributed by atoms with Crippen molar-refractivity contribution in [2.75, 3.05) is 20.7 Å². The van der Waals surface area contributed by atoms with Gasteiger partial charge in [0.15, 0.2) is 6.61 Å². The van der Waals surface area contributed by atoms with Gasteiger partial charge in [-0.05, 0) is 19.1 Å². The van der Waals surface area contributed by atoms with Crippen molar-refractivity contribution in [1.82, 2.24) is 25.0 Å². The van der Waals surface area contributed by atoms with Crippen LogP contribution < -0.4 is 10.1 Å². The Balaban J connectivity index is 1.97. The SMILES string of the molecule is CNC(=O)[C@@H](C)N(C)C(=O)COc1cccc(-n2cnnc2)c1. The van der Waals surface area contributed by atoms with Gasteiger partial charge >= 0.3 is 0 Å². The average Bonchev–Trinajstić information content (AvgIpc) is 3.12. The molecule has 0 aliphatic rings. The molecule has 0 radical (unpaired) electrons. The van der Waals surface area contributed by atoms with Crippen LogP contribution in [0.1, 0.15) is 6.92 Å². The Bertz CT molecular complexity index is 672. The first-order valence-corrected chi connectivity index (χ1v) is 7.08. The van der Waals surface area contributed by atoms with Gasteiger partial charge in [0.2, 0.25) is 5.91 Å². The number of hydrogen-bond acceptors (Lipinski definition) is 5. The van der Waals surface area contributed by atoms with Crippen molar-refractivity contribution in [3.05, 3.63) is 36.9 Å². The topological polar surface area (TPSA) is 89.4 Å². The second-order valence-corrected chi connectivity index (χ2v) is 4.95. The van der Waals surface area contributed by atoms with Crippen molar-refractivity contribution in [1.29, 1.82) is 0 Å². The van der Waals surface area contributed by atoms with Crippen LogP contribution in [-0.2, 0) is 9.59 Å². The van der Waals surface area contributed by atoms with Gasteiger partial charge in [-0.2, -0.15) is 0 Å². The highest BCUT2D eigenvalue weighted by Gasteiger charge is 2.21. The van der Waals surface area contributed by atoms with E-state index in [9.17, 15) is 9.59 Å². The third kappa shape index (κ3) is 4.06. The van der Waals surface area contributed by atoms with Gasteiger partial charge in [-0.3, -0.25) is 14.2 Å². The highest BCUT2D eigenvalue weighted by atomic mass is 16.5. The van der Waals surface area contributed by atoms with Crippen LogP contribution in [0.5, 0.6) is 5.75 Å². The minimum absolute atomic E-state index is 0.149. The molecule has 1 aromatic heterocycles. The standard InChI is InChI=1S/C15H19N5O3/c1-11(15(22)16-2)19(3)14(21)8-23-13-6-4-5-12(7-13)20-9-17-18-10-20/h4-7,9-11H,8H2,1-3H3,(H,16,22)/t11-/m1/s1. The molecule has 0 fully saturated rings. The van der Waals surface area contributed by atoms with E-state index in [1.165, 1.54) is 11.9 Å². The zero-order valence-electron chi connectivity index (χ0n) is 13.3. The molecule has 2 aromatic rings. The van der Waals surface area contributed by atoms with Gasteiger partial charge in [0.1, 0.15) is 24.4 Å². The first-order valence-electron chi connectivity index (χ1n) is 7.08. The number of aromatic nitrogens is 3. The first-order chi connectivity index (χ1) is 11.0. The second kappa shape index (κ2) is 7.39. The maximum atomic E-state index is 12.1. The second-order valence-electron chi connectivity index (χ2n) is 4.95. The normalized spacial score (nSPS) is 11.6. The van der Waals surface area contributed by atoms with Gasteiger partial charge in [0.25, 0.3) is 5.91 Å². The number of nitrogens with one attached hydrogen (secondary N) is 1. The van der Waals surface area contributed by atoms with Crippen LogP contribution in [0.15, 0.2) is 36.9 Å². The lowest BCUT2D eigenvalue weighted by Gasteiger charge is -2.23. The summed E-state index contributed by atoms with van der Waals surface area (Å²) >= 11 is 0. The van der Waals surface area contributed by atoms with Crippen LogP contribution >= 0.6 is 0 Å². The summed E-state index contributed by atoms with van der Waals surface area (Å²) in [5, 5.41) is 10.00. The van der Waals surface area contributed by atoms with E-state index in [-0.39, 0.29) is 18.4 Å². The molecule has 1 heterocycles. The summed E-state index contributed by atoms with van der Waals surface area (Å²) in [4.78, 5) is 25.0. The summed E-state index contributed by atoms with van der Waals surface area (Å²) in [7, 11) is 3.10. The molecule has 1 N–H and O–H groups in total. The Morgan fingerprint density at radius 1 is 1.35 bits per heavy atom. The number of hydrogen-bond donors (Lipinski definition) is 1. The third-order valence-electron chi connectivity index (χ3n) is 3.50. The first kappa shape index (κ1) is 16.5. The number of nitrogens with zero attached hydrogens (tertiary/aromatic N) is 4. The Kier molecular flexibility index (Phi) is 5.29. The lowest BCUT2D eigenvalue weighted by Crippen LogP contribution is -2.46. The number of carbonyl (C=O) groups excluding carboxylic acids is 2. The predicted octanol–water partition coefficient (Wildman–Crippen LogP) is 0.239. The molecule has 0 aliphatic heterocycles. The monoisotopic (exact) mass is 317 g/mol. The largest absolute Gasteiger partial charge is 0.484 e. The molecule has 122 valence electrons. The maximum absolute atomic E-state index is 12.1. The molecule has 0 spiro atoms. The molecule has 0 saturated heterocycles. The van der Waals surface area contributed by atoms with Crippen LogP contribution in [0.25, 0.3) is 5.69 Å². The summed E-state index contributed by atoms with van der Waals surface area (Å²) in [6.45, 7) is 1.51. The smallest absolute Gasteiger partial charge is 0.260 e. The molecule has 2 amide bonds. The molecule has 8 nitrogen and oxygen atoms in total. The van der Waals surface area contributed by atoms with E-state index in [2.05, 4.69) is 15.5 Å².